The molecule has 4 atom stereocenters. The van der Waals surface area contributed by atoms with Gasteiger partial charge in [0.05, 0.1) is 5.60 Å². The number of aliphatic hydroxyl groups is 2. The molecule has 0 spiro atoms. The predicted octanol–water partition coefficient (Wildman–Crippen LogP) is 6.22. The van der Waals surface area contributed by atoms with Gasteiger partial charge >= 0.3 is 0 Å². The van der Waals surface area contributed by atoms with E-state index in [9.17, 15) is 10.2 Å². The van der Waals surface area contributed by atoms with Gasteiger partial charge in [0.2, 0.25) is 0 Å². The minimum absolute atomic E-state index is 0.207. The molecule has 1 aliphatic rings. The summed E-state index contributed by atoms with van der Waals surface area (Å²) in [4.78, 5) is 0. The first-order valence-electron chi connectivity index (χ1n) is 11.5. The fourth-order valence-electron chi connectivity index (χ4n) is 3.87. The highest BCUT2D eigenvalue weighted by Gasteiger charge is 2.38. The van der Waals surface area contributed by atoms with Crippen LogP contribution in [0.15, 0.2) is 23.8 Å². The molecule has 0 aromatic heterocycles. The highest BCUT2D eigenvalue weighted by molar-refractivity contribution is 5.26. The Morgan fingerprint density at radius 3 is 1.93 bits per heavy atom. The number of ether oxygens (including phenoxy) is 2. The molecule has 1 aliphatic carbocycles. The first-order valence-corrected chi connectivity index (χ1v) is 11.5. The van der Waals surface area contributed by atoms with Crippen LogP contribution in [0.2, 0.25) is 0 Å². The van der Waals surface area contributed by atoms with E-state index < -0.39 is 23.8 Å². The Balaban J connectivity index is 2.84. The molecule has 2 N–H and O–H groups in total. The van der Waals surface area contributed by atoms with E-state index in [1.165, 1.54) is 6.42 Å². The van der Waals surface area contributed by atoms with Crippen LogP contribution in [0.1, 0.15) is 95.4 Å². The minimum atomic E-state index is -1.14. The molecule has 0 aromatic carbocycles. The maximum Gasteiger partial charge on any atom is 0.184 e. The summed E-state index contributed by atoms with van der Waals surface area (Å²) >= 11 is 0. The fourth-order valence-corrected chi connectivity index (χ4v) is 3.87. The maximum atomic E-state index is 10.7. The third-order valence-electron chi connectivity index (χ3n) is 6.28. The number of hydrogen-bond acceptors (Lipinski definition) is 4. The van der Waals surface area contributed by atoms with Gasteiger partial charge in [0.15, 0.2) is 12.6 Å². The number of allylic oxidation sites excluding steroid dienone is 2. The molecule has 0 aliphatic heterocycles. The summed E-state index contributed by atoms with van der Waals surface area (Å²) in [6.45, 7) is 23.0. The summed E-state index contributed by atoms with van der Waals surface area (Å²) in [7, 11) is 0. The third kappa shape index (κ3) is 8.45. The predicted molar refractivity (Wildman–Crippen MR) is 125 cm³/mol. The van der Waals surface area contributed by atoms with Crippen molar-refractivity contribution in [3.05, 3.63) is 23.8 Å². The van der Waals surface area contributed by atoms with Crippen molar-refractivity contribution < 1.29 is 19.7 Å². The van der Waals surface area contributed by atoms with Gasteiger partial charge in [0.1, 0.15) is 5.60 Å². The number of rotatable bonds is 9. The zero-order valence-corrected chi connectivity index (χ0v) is 21.4. The van der Waals surface area contributed by atoms with E-state index >= 15 is 0 Å². The lowest BCUT2D eigenvalue weighted by Gasteiger charge is -2.41. The number of hydrogen-bond donors (Lipinski definition) is 2. The van der Waals surface area contributed by atoms with E-state index in [4.69, 9.17) is 9.47 Å². The van der Waals surface area contributed by atoms with Crippen LogP contribution in [0.3, 0.4) is 0 Å². The first-order chi connectivity index (χ1) is 13.4. The smallest absolute Gasteiger partial charge is 0.184 e. The van der Waals surface area contributed by atoms with Crippen molar-refractivity contribution in [3.63, 3.8) is 0 Å². The molecule has 0 aromatic rings. The van der Waals surface area contributed by atoms with Crippen molar-refractivity contribution in [1.29, 1.82) is 0 Å². The topological polar surface area (TPSA) is 58.9 Å². The molecule has 176 valence electrons. The molecule has 0 saturated carbocycles. The highest BCUT2D eigenvalue weighted by atomic mass is 16.7. The van der Waals surface area contributed by atoms with Gasteiger partial charge in [-0.3, -0.25) is 0 Å². The van der Waals surface area contributed by atoms with E-state index in [1.807, 2.05) is 26.8 Å². The van der Waals surface area contributed by atoms with Crippen molar-refractivity contribution in [2.45, 2.75) is 119 Å². The molecular weight excluding hydrogens is 376 g/mol. The highest BCUT2D eigenvalue weighted by Crippen LogP contribution is 2.44. The Morgan fingerprint density at radius 1 is 0.967 bits per heavy atom. The molecule has 0 bridgehead atoms. The zero-order valence-electron chi connectivity index (χ0n) is 21.4. The lowest BCUT2D eigenvalue weighted by molar-refractivity contribution is -0.281. The fraction of sp³-hybridized carbons (Fsp3) is 0.846. The second-order valence-corrected chi connectivity index (χ2v) is 12.3. The Hall–Kier alpha value is -0.680. The van der Waals surface area contributed by atoms with E-state index in [1.54, 1.807) is 13.8 Å². The Morgan fingerprint density at radius 2 is 1.53 bits per heavy atom. The van der Waals surface area contributed by atoms with Crippen molar-refractivity contribution in [2.24, 2.45) is 22.7 Å². The first kappa shape index (κ1) is 27.4. The minimum Gasteiger partial charge on any atom is -0.366 e. The summed E-state index contributed by atoms with van der Waals surface area (Å²) in [5.74, 6) is 0.993. The second kappa shape index (κ2) is 9.85. The zero-order chi connectivity index (χ0) is 23.5. The number of aliphatic hydroxyl groups excluding tert-OH is 2. The van der Waals surface area contributed by atoms with Crippen molar-refractivity contribution in [1.82, 2.24) is 0 Å². The molecule has 0 heterocycles. The monoisotopic (exact) mass is 424 g/mol. The summed E-state index contributed by atoms with van der Waals surface area (Å²) in [5.41, 5.74) is -0.290. The van der Waals surface area contributed by atoms with Crippen LogP contribution in [-0.4, -0.2) is 34.0 Å². The van der Waals surface area contributed by atoms with Gasteiger partial charge in [-0.15, -0.1) is 0 Å². The molecule has 0 fully saturated rings. The van der Waals surface area contributed by atoms with Crippen LogP contribution < -0.4 is 0 Å². The maximum absolute atomic E-state index is 10.7. The Bertz CT molecular complexity index is 602. The standard InChI is InChI=1S/C26H48O4/c1-12-25(8,9)17-20(23(2,3)4)18-13-15-19(16-14-18)21(27)29-26(10,11)22(28)30-24(5,6)7/h13,15-16,18,20-22,27-28H,12,14,17H2,1-11H3. The summed E-state index contributed by atoms with van der Waals surface area (Å²) in [5, 5.41) is 21.1. The van der Waals surface area contributed by atoms with Gasteiger partial charge in [-0.1, -0.05) is 66.2 Å². The van der Waals surface area contributed by atoms with Crippen molar-refractivity contribution >= 4 is 0 Å². The lowest BCUT2D eigenvalue weighted by atomic mass is 9.64. The van der Waals surface area contributed by atoms with E-state index in [0.717, 1.165) is 18.4 Å². The van der Waals surface area contributed by atoms with Crippen LogP contribution >= 0.6 is 0 Å². The Kier molecular flexibility index (Phi) is 8.98. The van der Waals surface area contributed by atoms with Gasteiger partial charge in [-0.25, -0.2) is 0 Å². The molecule has 0 saturated heterocycles. The molecule has 30 heavy (non-hydrogen) atoms. The average Bonchev–Trinajstić information content (AvgIpc) is 2.57. The molecule has 4 heteroatoms. The van der Waals surface area contributed by atoms with Crippen molar-refractivity contribution in [3.8, 4) is 0 Å². The molecule has 4 unspecified atom stereocenters. The summed E-state index contributed by atoms with van der Waals surface area (Å²) < 4.78 is 11.4. The third-order valence-corrected chi connectivity index (χ3v) is 6.28. The van der Waals surface area contributed by atoms with Crippen LogP contribution in [0.25, 0.3) is 0 Å². The molecular formula is C26H48O4. The van der Waals surface area contributed by atoms with E-state index in [2.05, 4.69) is 53.7 Å². The molecule has 0 radical (unpaired) electrons. The van der Waals surface area contributed by atoms with E-state index in [-0.39, 0.29) is 5.41 Å². The molecule has 0 amide bonds. The average molecular weight is 425 g/mol. The molecule has 4 nitrogen and oxygen atoms in total. The molecule has 1 rings (SSSR count). The van der Waals surface area contributed by atoms with Crippen LogP contribution in [0.5, 0.6) is 0 Å². The van der Waals surface area contributed by atoms with Gasteiger partial charge in [0, 0.05) is 5.57 Å². The van der Waals surface area contributed by atoms with Gasteiger partial charge in [-0.05, 0) is 70.1 Å². The van der Waals surface area contributed by atoms with Crippen LogP contribution in [0.4, 0.5) is 0 Å². The summed E-state index contributed by atoms with van der Waals surface area (Å²) in [6.07, 6.45) is 7.29. The lowest BCUT2D eigenvalue weighted by Crippen LogP contribution is -2.47. The largest absolute Gasteiger partial charge is 0.366 e. The normalized spacial score (nSPS) is 21.9. The SMILES string of the molecule is CCC(C)(C)CC(C1C=CC(C(O)OC(C)(C)C(O)OC(C)(C)C)=CC1)C(C)(C)C. The van der Waals surface area contributed by atoms with Crippen LogP contribution in [0, 0.1) is 22.7 Å². The summed E-state index contributed by atoms with van der Waals surface area (Å²) in [6, 6.07) is 0. The van der Waals surface area contributed by atoms with Crippen LogP contribution in [-0.2, 0) is 9.47 Å². The van der Waals surface area contributed by atoms with Crippen molar-refractivity contribution in [2.75, 3.05) is 0 Å². The van der Waals surface area contributed by atoms with E-state index in [0.29, 0.717) is 17.3 Å². The van der Waals surface area contributed by atoms with Gasteiger partial charge in [0.25, 0.3) is 0 Å². The van der Waals surface area contributed by atoms with Gasteiger partial charge in [-0.2, -0.15) is 0 Å². The quantitative estimate of drug-likeness (QED) is 0.431. The van der Waals surface area contributed by atoms with Gasteiger partial charge < -0.3 is 19.7 Å². The Labute approximate surface area is 185 Å². The second-order valence-electron chi connectivity index (χ2n) is 12.3.